The van der Waals surface area contributed by atoms with Crippen molar-refractivity contribution in [3.63, 3.8) is 0 Å². The molecule has 3 heterocycles. The van der Waals surface area contributed by atoms with Gasteiger partial charge in [-0.05, 0) is 28.8 Å². The number of rotatable bonds is 1. The average molecular weight is 334 g/mol. The van der Waals surface area contributed by atoms with Crippen molar-refractivity contribution in [3.05, 3.63) is 28.6 Å². The molecule has 0 bridgehead atoms. The van der Waals surface area contributed by atoms with E-state index in [2.05, 4.69) is 26.0 Å². The highest BCUT2D eigenvalue weighted by Gasteiger charge is 2.20. The van der Waals surface area contributed by atoms with Gasteiger partial charge in [0.15, 0.2) is 11.3 Å². The minimum Gasteiger partial charge on any atom is -0.337 e. The van der Waals surface area contributed by atoms with Crippen LogP contribution in [0.15, 0.2) is 22.9 Å². The van der Waals surface area contributed by atoms with E-state index in [0.29, 0.717) is 11.3 Å². The minimum absolute atomic E-state index is 0. The number of likely N-dealkylation sites (tertiary alicyclic amines) is 1. The molecule has 20 heavy (non-hydrogen) atoms. The van der Waals surface area contributed by atoms with E-state index in [1.54, 1.807) is 16.8 Å². The first-order chi connectivity index (χ1) is 9.24. The number of hydrogen-bond acceptors (Lipinski definition) is 3. The topological polar surface area (TPSA) is 50.5 Å². The maximum absolute atomic E-state index is 12.4. The smallest absolute Gasteiger partial charge is 0.274 e. The van der Waals surface area contributed by atoms with E-state index in [1.807, 2.05) is 11.1 Å². The van der Waals surface area contributed by atoms with Crippen LogP contribution < -0.4 is 0 Å². The molecule has 1 aliphatic rings. The zero-order valence-electron chi connectivity index (χ0n) is 11.1. The van der Waals surface area contributed by atoms with Crippen LogP contribution in [0.25, 0.3) is 5.65 Å². The van der Waals surface area contributed by atoms with Crippen LogP contribution in [0.2, 0.25) is 0 Å². The summed E-state index contributed by atoms with van der Waals surface area (Å²) in [6, 6.07) is 1.75. The fourth-order valence-electron chi connectivity index (χ4n) is 2.39. The van der Waals surface area contributed by atoms with Crippen LogP contribution in [0.1, 0.15) is 36.2 Å². The lowest BCUT2D eigenvalue weighted by atomic mass is 10.2. The summed E-state index contributed by atoms with van der Waals surface area (Å²) in [7, 11) is 0. The van der Waals surface area contributed by atoms with Gasteiger partial charge in [-0.25, -0.2) is 9.50 Å². The molecule has 1 aliphatic heterocycles. The molecule has 0 atom stereocenters. The first kappa shape index (κ1) is 15.0. The molecule has 3 rings (SSSR count). The van der Waals surface area contributed by atoms with Crippen molar-refractivity contribution in [1.29, 1.82) is 0 Å². The standard InChI is InChI=1S/C13H15BrN4O.B/c14-10-8-15-12-7-11(16-18(12)9-10)13(19)17-5-3-1-2-4-6-17;/h7-9H,1-6H2;. The van der Waals surface area contributed by atoms with Crippen LogP contribution in [0.5, 0.6) is 0 Å². The van der Waals surface area contributed by atoms with Crippen LogP contribution in [0.4, 0.5) is 0 Å². The van der Waals surface area contributed by atoms with Gasteiger partial charge in [0.05, 0.1) is 4.47 Å². The summed E-state index contributed by atoms with van der Waals surface area (Å²) in [5.41, 5.74) is 1.17. The van der Waals surface area contributed by atoms with Crippen molar-refractivity contribution < 1.29 is 4.79 Å². The van der Waals surface area contributed by atoms with E-state index < -0.39 is 0 Å². The summed E-state index contributed by atoms with van der Waals surface area (Å²) < 4.78 is 2.48. The van der Waals surface area contributed by atoms with E-state index in [0.717, 1.165) is 30.4 Å². The Hall–Kier alpha value is -1.37. The highest BCUT2D eigenvalue weighted by Crippen LogP contribution is 2.15. The molecule has 0 spiro atoms. The average Bonchev–Trinajstić information content (AvgIpc) is 2.64. The van der Waals surface area contributed by atoms with Gasteiger partial charge >= 0.3 is 0 Å². The first-order valence-corrected chi connectivity index (χ1v) is 7.33. The third-order valence-electron chi connectivity index (χ3n) is 3.39. The molecule has 1 fully saturated rings. The predicted molar refractivity (Wildman–Crippen MR) is 80.8 cm³/mol. The van der Waals surface area contributed by atoms with Crippen LogP contribution in [0.3, 0.4) is 0 Å². The quantitative estimate of drug-likeness (QED) is 0.751. The summed E-state index contributed by atoms with van der Waals surface area (Å²) in [6.07, 6.45) is 8.11. The van der Waals surface area contributed by atoms with Gasteiger partial charge in [-0.2, -0.15) is 5.10 Å². The Morgan fingerprint density at radius 3 is 2.60 bits per heavy atom. The number of halogens is 1. The van der Waals surface area contributed by atoms with Gasteiger partial charge < -0.3 is 4.90 Å². The lowest BCUT2D eigenvalue weighted by Gasteiger charge is -2.18. The number of hydrogen-bond donors (Lipinski definition) is 0. The van der Waals surface area contributed by atoms with Crippen LogP contribution in [-0.2, 0) is 0 Å². The van der Waals surface area contributed by atoms with E-state index >= 15 is 0 Å². The molecule has 3 radical (unpaired) electrons. The molecule has 0 aromatic carbocycles. The van der Waals surface area contributed by atoms with E-state index in [-0.39, 0.29) is 14.3 Å². The van der Waals surface area contributed by atoms with Crippen LogP contribution >= 0.6 is 15.9 Å². The van der Waals surface area contributed by atoms with E-state index in [1.165, 1.54) is 12.8 Å². The monoisotopic (exact) mass is 333 g/mol. The molecule has 1 saturated heterocycles. The zero-order valence-corrected chi connectivity index (χ0v) is 12.7. The molecule has 0 saturated carbocycles. The molecule has 2 aromatic rings. The molecule has 103 valence electrons. The molecule has 1 amide bonds. The van der Waals surface area contributed by atoms with Crippen LogP contribution in [-0.4, -0.2) is 46.9 Å². The fraction of sp³-hybridized carbons (Fsp3) is 0.462. The minimum atomic E-state index is 0. The van der Waals surface area contributed by atoms with Gasteiger partial charge in [-0.1, -0.05) is 12.8 Å². The molecule has 0 aliphatic carbocycles. The van der Waals surface area contributed by atoms with Crippen LogP contribution in [0, 0.1) is 0 Å². The highest BCUT2D eigenvalue weighted by molar-refractivity contribution is 9.10. The van der Waals surface area contributed by atoms with Gasteiger partial charge in [0.1, 0.15) is 0 Å². The fourth-order valence-corrected chi connectivity index (χ4v) is 2.69. The lowest BCUT2D eigenvalue weighted by Crippen LogP contribution is -2.32. The molecule has 7 heteroatoms. The number of amides is 1. The maximum Gasteiger partial charge on any atom is 0.274 e. The second-order valence-electron chi connectivity index (χ2n) is 4.81. The maximum atomic E-state index is 12.4. The van der Waals surface area contributed by atoms with Gasteiger partial charge in [0.2, 0.25) is 0 Å². The van der Waals surface area contributed by atoms with Gasteiger partial charge in [-0.15, -0.1) is 0 Å². The lowest BCUT2D eigenvalue weighted by molar-refractivity contribution is 0.0755. The molecule has 0 unspecified atom stereocenters. The Bertz CT molecular complexity index is 607. The number of carbonyl (C=O) groups is 1. The third kappa shape index (κ3) is 3.03. The zero-order chi connectivity index (χ0) is 13.2. The van der Waals surface area contributed by atoms with Crippen molar-refractivity contribution in [2.75, 3.05) is 13.1 Å². The second-order valence-corrected chi connectivity index (χ2v) is 5.73. The summed E-state index contributed by atoms with van der Waals surface area (Å²) in [4.78, 5) is 18.6. The van der Waals surface area contributed by atoms with Crippen molar-refractivity contribution in [3.8, 4) is 0 Å². The summed E-state index contributed by atoms with van der Waals surface area (Å²) in [6.45, 7) is 1.67. The summed E-state index contributed by atoms with van der Waals surface area (Å²) >= 11 is 3.35. The van der Waals surface area contributed by atoms with Crippen molar-refractivity contribution in [1.82, 2.24) is 19.5 Å². The highest BCUT2D eigenvalue weighted by atomic mass is 79.9. The predicted octanol–water partition coefficient (Wildman–Crippen LogP) is 2.13. The summed E-state index contributed by atoms with van der Waals surface area (Å²) in [5, 5.41) is 4.31. The third-order valence-corrected chi connectivity index (χ3v) is 3.80. The number of nitrogens with zero attached hydrogens (tertiary/aromatic N) is 4. The van der Waals surface area contributed by atoms with E-state index in [9.17, 15) is 4.79 Å². The van der Waals surface area contributed by atoms with Gasteiger partial charge in [0, 0.05) is 40.0 Å². The second kappa shape index (κ2) is 6.39. The summed E-state index contributed by atoms with van der Waals surface area (Å²) in [5.74, 6) is 0.0172. The molecule has 5 nitrogen and oxygen atoms in total. The number of carbonyl (C=O) groups excluding carboxylic acids is 1. The first-order valence-electron chi connectivity index (χ1n) is 6.54. The Balaban J connectivity index is 0.00000147. The van der Waals surface area contributed by atoms with Crippen molar-refractivity contribution in [2.45, 2.75) is 25.7 Å². The molecular formula is C13H15BBrN4O. The van der Waals surface area contributed by atoms with E-state index in [4.69, 9.17) is 0 Å². The SMILES string of the molecule is O=C(c1cc2ncc(Br)cn2n1)N1CCCCCC1.[B]. The Morgan fingerprint density at radius 1 is 1.20 bits per heavy atom. The molecule has 0 N–H and O–H groups in total. The number of aromatic nitrogens is 3. The Kier molecular flexibility index (Phi) is 4.80. The molecule has 2 aromatic heterocycles. The van der Waals surface area contributed by atoms with Crippen molar-refractivity contribution >= 4 is 35.9 Å². The Morgan fingerprint density at radius 2 is 1.90 bits per heavy atom. The van der Waals surface area contributed by atoms with Gasteiger partial charge in [0.25, 0.3) is 5.91 Å². The largest absolute Gasteiger partial charge is 0.337 e. The normalized spacial score (nSPS) is 15.8. The molecular weight excluding hydrogens is 319 g/mol. The Labute approximate surface area is 128 Å². The van der Waals surface area contributed by atoms with Crippen molar-refractivity contribution in [2.24, 2.45) is 0 Å². The number of fused-ring (bicyclic) bond motifs is 1. The van der Waals surface area contributed by atoms with Gasteiger partial charge in [-0.3, -0.25) is 4.79 Å².